The number of β-amino-alcohol motifs (C(OH)–C–C–N with tert-alkyl or cyclic N) is 1. The van der Waals surface area contributed by atoms with Crippen molar-refractivity contribution in [2.24, 2.45) is 0 Å². The number of hydrogen-bond acceptors (Lipinski definition) is 5. The number of carbonyl (C=O) groups excluding carboxylic acids is 1. The van der Waals surface area contributed by atoms with E-state index in [0.29, 0.717) is 38.3 Å². The number of amides is 1. The molecule has 1 N–H and O–H groups in total. The predicted molar refractivity (Wildman–Crippen MR) is 96.2 cm³/mol. The molecule has 1 atom stereocenters. The van der Waals surface area contributed by atoms with E-state index in [2.05, 4.69) is 9.97 Å². The van der Waals surface area contributed by atoms with Crippen LogP contribution in [0, 0.1) is 5.82 Å². The molecule has 1 amide bonds. The third-order valence-corrected chi connectivity index (χ3v) is 4.67. The summed E-state index contributed by atoms with van der Waals surface area (Å²) < 4.78 is 12.9. The van der Waals surface area contributed by atoms with Gasteiger partial charge in [-0.15, -0.1) is 0 Å². The lowest BCUT2D eigenvalue weighted by Crippen LogP contribution is -2.46. The SMILES string of the molecule is CN(C[C@]1(O)CCN(c2ncccn2)C1)C(=O)CCc1ccc(F)cc1. The number of nitrogens with zero attached hydrogens (tertiary/aromatic N) is 4. The van der Waals surface area contributed by atoms with E-state index in [4.69, 9.17) is 0 Å². The van der Waals surface area contributed by atoms with Crippen LogP contribution in [-0.2, 0) is 11.2 Å². The van der Waals surface area contributed by atoms with Crippen molar-refractivity contribution >= 4 is 11.9 Å². The van der Waals surface area contributed by atoms with Gasteiger partial charge in [0.1, 0.15) is 11.4 Å². The summed E-state index contributed by atoms with van der Waals surface area (Å²) in [5.74, 6) is 0.262. The van der Waals surface area contributed by atoms with Crippen LogP contribution in [0.5, 0.6) is 0 Å². The van der Waals surface area contributed by atoms with Gasteiger partial charge >= 0.3 is 0 Å². The molecule has 0 aliphatic carbocycles. The van der Waals surface area contributed by atoms with Crippen LogP contribution in [0.25, 0.3) is 0 Å². The number of halogens is 1. The summed E-state index contributed by atoms with van der Waals surface area (Å²) in [6, 6.07) is 7.91. The molecule has 0 radical (unpaired) electrons. The van der Waals surface area contributed by atoms with Crippen molar-refractivity contribution in [1.29, 1.82) is 0 Å². The number of hydrogen-bond donors (Lipinski definition) is 1. The number of benzene rings is 1. The van der Waals surface area contributed by atoms with Crippen molar-refractivity contribution in [3.63, 3.8) is 0 Å². The van der Waals surface area contributed by atoms with Gasteiger partial charge in [0.15, 0.2) is 0 Å². The molecule has 0 unspecified atom stereocenters. The van der Waals surface area contributed by atoms with E-state index in [9.17, 15) is 14.3 Å². The highest BCUT2D eigenvalue weighted by Gasteiger charge is 2.38. The van der Waals surface area contributed by atoms with Crippen LogP contribution in [0.15, 0.2) is 42.7 Å². The van der Waals surface area contributed by atoms with Gasteiger partial charge in [0, 0.05) is 32.4 Å². The Labute approximate surface area is 152 Å². The first-order valence-corrected chi connectivity index (χ1v) is 8.68. The molecule has 2 aromatic rings. The highest BCUT2D eigenvalue weighted by molar-refractivity contribution is 5.76. The molecular formula is C19H23FN4O2. The van der Waals surface area contributed by atoms with Gasteiger partial charge in [-0.05, 0) is 36.6 Å². The van der Waals surface area contributed by atoms with E-state index < -0.39 is 5.60 Å². The Morgan fingerprint density at radius 1 is 1.31 bits per heavy atom. The van der Waals surface area contributed by atoms with Gasteiger partial charge in [0.05, 0.1) is 13.1 Å². The maximum atomic E-state index is 12.9. The summed E-state index contributed by atoms with van der Waals surface area (Å²) in [4.78, 5) is 24.3. The topological polar surface area (TPSA) is 69.6 Å². The van der Waals surface area contributed by atoms with Crippen molar-refractivity contribution in [2.45, 2.75) is 24.9 Å². The molecule has 2 heterocycles. The largest absolute Gasteiger partial charge is 0.386 e. The third kappa shape index (κ3) is 4.54. The van der Waals surface area contributed by atoms with Gasteiger partial charge < -0.3 is 14.9 Å². The van der Waals surface area contributed by atoms with Gasteiger partial charge in [-0.2, -0.15) is 0 Å². The standard InChI is InChI=1S/C19H23FN4O2/c1-23(17(25)8-5-15-3-6-16(20)7-4-15)13-19(26)9-12-24(14-19)18-21-10-2-11-22-18/h2-4,6-7,10-11,26H,5,8-9,12-14H2,1H3/t19-/m1/s1. The zero-order valence-electron chi connectivity index (χ0n) is 14.8. The van der Waals surface area contributed by atoms with Crippen LogP contribution < -0.4 is 4.90 Å². The van der Waals surface area contributed by atoms with Gasteiger partial charge in [0.25, 0.3) is 0 Å². The van der Waals surface area contributed by atoms with Gasteiger partial charge in [0.2, 0.25) is 11.9 Å². The molecule has 26 heavy (non-hydrogen) atoms. The van der Waals surface area contributed by atoms with E-state index in [-0.39, 0.29) is 18.3 Å². The molecular weight excluding hydrogens is 335 g/mol. The lowest BCUT2D eigenvalue weighted by atomic mass is 10.0. The zero-order chi connectivity index (χ0) is 18.6. The van der Waals surface area contributed by atoms with Crippen molar-refractivity contribution in [3.05, 3.63) is 54.1 Å². The second-order valence-electron chi connectivity index (χ2n) is 6.82. The molecule has 1 aliphatic rings. The molecule has 7 heteroatoms. The Bertz CT molecular complexity index is 741. The summed E-state index contributed by atoms with van der Waals surface area (Å²) in [7, 11) is 1.70. The first-order valence-electron chi connectivity index (χ1n) is 8.68. The second-order valence-corrected chi connectivity index (χ2v) is 6.82. The highest BCUT2D eigenvalue weighted by atomic mass is 19.1. The first kappa shape index (κ1) is 18.3. The Kier molecular flexibility index (Phi) is 5.46. The van der Waals surface area contributed by atoms with E-state index in [1.807, 2.05) is 4.90 Å². The molecule has 3 rings (SSSR count). The maximum absolute atomic E-state index is 12.9. The van der Waals surface area contributed by atoms with Crippen molar-refractivity contribution in [1.82, 2.24) is 14.9 Å². The minimum atomic E-state index is -0.973. The molecule has 0 saturated carbocycles. The molecule has 1 fully saturated rings. The van der Waals surface area contributed by atoms with Crippen molar-refractivity contribution in [2.75, 3.05) is 31.6 Å². The van der Waals surface area contributed by atoms with Gasteiger partial charge in [-0.1, -0.05) is 12.1 Å². The normalized spacial score (nSPS) is 19.6. The summed E-state index contributed by atoms with van der Waals surface area (Å²) >= 11 is 0. The first-order chi connectivity index (χ1) is 12.5. The number of aromatic nitrogens is 2. The van der Waals surface area contributed by atoms with Crippen LogP contribution in [0.3, 0.4) is 0 Å². The molecule has 0 bridgehead atoms. The maximum Gasteiger partial charge on any atom is 0.225 e. The predicted octanol–water partition coefficient (Wildman–Crippen LogP) is 1.65. The zero-order valence-corrected chi connectivity index (χ0v) is 14.8. The summed E-state index contributed by atoms with van der Waals surface area (Å²) in [5.41, 5.74) is -0.0559. The van der Waals surface area contributed by atoms with Crippen LogP contribution in [-0.4, -0.2) is 58.2 Å². The minimum Gasteiger partial charge on any atom is -0.386 e. The molecule has 1 aromatic carbocycles. The molecule has 6 nitrogen and oxygen atoms in total. The Morgan fingerprint density at radius 2 is 2.00 bits per heavy atom. The fourth-order valence-corrected chi connectivity index (χ4v) is 3.23. The number of aliphatic hydroxyl groups is 1. The fraction of sp³-hybridized carbons (Fsp3) is 0.421. The smallest absolute Gasteiger partial charge is 0.225 e. The number of aryl methyl sites for hydroxylation is 1. The molecule has 1 saturated heterocycles. The molecule has 1 aliphatic heterocycles. The Hall–Kier alpha value is -2.54. The average Bonchev–Trinajstić information content (AvgIpc) is 3.03. The summed E-state index contributed by atoms with van der Waals surface area (Å²) in [5, 5.41) is 10.8. The number of carbonyl (C=O) groups is 1. The number of likely N-dealkylation sites (N-methyl/N-ethyl adjacent to an activating group) is 1. The van der Waals surface area contributed by atoms with Gasteiger partial charge in [-0.25, -0.2) is 14.4 Å². The second kappa shape index (κ2) is 7.78. The number of anilines is 1. The molecule has 1 aromatic heterocycles. The minimum absolute atomic E-state index is 0.0443. The molecule has 138 valence electrons. The average molecular weight is 358 g/mol. The van der Waals surface area contributed by atoms with Crippen LogP contribution in [0.1, 0.15) is 18.4 Å². The van der Waals surface area contributed by atoms with Gasteiger partial charge in [-0.3, -0.25) is 4.79 Å². The lowest BCUT2D eigenvalue weighted by molar-refractivity contribution is -0.132. The third-order valence-electron chi connectivity index (χ3n) is 4.67. The van der Waals surface area contributed by atoms with Crippen molar-refractivity contribution < 1.29 is 14.3 Å². The Morgan fingerprint density at radius 3 is 2.69 bits per heavy atom. The summed E-state index contributed by atoms with van der Waals surface area (Å²) in [6.45, 7) is 1.31. The van der Waals surface area contributed by atoms with E-state index >= 15 is 0 Å². The lowest BCUT2D eigenvalue weighted by Gasteiger charge is -2.29. The fourth-order valence-electron chi connectivity index (χ4n) is 3.23. The Balaban J connectivity index is 1.51. The van der Waals surface area contributed by atoms with Crippen LogP contribution >= 0.6 is 0 Å². The highest BCUT2D eigenvalue weighted by Crippen LogP contribution is 2.25. The van der Waals surface area contributed by atoms with E-state index in [1.165, 1.54) is 12.1 Å². The molecule has 0 spiro atoms. The number of rotatable bonds is 6. The monoisotopic (exact) mass is 358 g/mol. The van der Waals surface area contributed by atoms with E-state index in [1.54, 1.807) is 42.5 Å². The van der Waals surface area contributed by atoms with Crippen LogP contribution in [0.4, 0.5) is 10.3 Å². The summed E-state index contributed by atoms with van der Waals surface area (Å²) in [6.07, 6.45) is 4.77. The quantitative estimate of drug-likeness (QED) is 0.850. The van der Waals surface area contributed by atoms with Crippen LogP contribution in [0.2, 0.25) is 0 Å². The van der Waals surface area contributed by atoms with E-state index in [0.717, 1.165) is 5.56 Å². The van der Waals surface area contributed by atoms with Crippen molar-refractivity contribution in [3.8, 4) is 0 Å².